The van der Waals surface area contributed by atoms with E-state index < -0.39 is 10.1 Å². The van der Waals surface area contributed by atoms with Crippen LogP contribution in [0.25, 0.3) is 10.8 Å². The van der Waals surface area contributed by atoms with Crippen molar-refractivity contribution in [2.45, 2.75) is 4.90 Å². The van der Waals surface area contributed by atoms with Gasteiger partial charge < -0.3 is 5.11 Å². The summed E-state index contributed by atoms with van der Waals surface area (Å²) in [7, 11) is -4.31. The van der Waals surface area contributed by atoms with Gasteiger partial charge in [-0.05, 0) is 12.1 Å². The van der Waals surface area contributed by atoms with Crippen molar-refractivity contribution in [3.63, 3.8) is 0 Å². The Hall–Kier alpha value is -1.30. The number of benzene rings is 2. The molecule has 2 N–H and O–H groups in total. The molecular weight excluding hydrogens is 252 g/mol. The summed E-state index contributed by atoms with van der Waals surface area (Å²) in [5.41, 5.74) is 0. The van der Waals surface area contributed by atoms with E-state index in [1.54, 1.807) is 0 Å². The van der Waals surface area contributed by atoms with Crippen LogP contribution in [-0.4, -0.2) is 18.1 Å². The van der Waals surface area contributed by atoms with Crippen LogP contribution in [0.3, 0.4) is 0 Å². The lowest BCUT2D eigenvalue weighted by Gasteiger charge is -2.06. The number of aromatic hydroxyl groups is 1. The maximum atomic E-state index is 11.1. The summed E-state index contributed by atoms with van der Waals surface area (Å²) in [6.45, 7) is 0. The summed E-state index contributed by atoms with van der Waals surface area (Å²) in [4.78, 5) is -0.253. The first-order chi connectivity index (χ1) is 7.41. The molecule has 0 amide bonds. The Morgan fingerprint density at radius 3 is 2.38 bits per heavy atom. The fourth-order valence-electron chi connectivity index (χ4n) is 1.51. The standard InChI is InChI=1S/C10H7ClO4S/c11-8-5-4-6-7(10(8)12)2-1-3-9(6)16(13,14)15/h1-5,12H,(H,13,14,15). The molecule has 0 aromatic heterocycles. The molecule has 6 heteroatoms. The van der Waals surface area contributed by atoms with Gasteiger partial charge >= 0.3 is 0 Å². The molecule has 4 nitrogen and oxygen atoms in total. The largest absolute Gasteiger partial charge is 0.506 e. The lowest BCUT2D eigenvalue weighted by atomic mass is 10.1. The van der Waals surface area contributed by atoms with Gasteiger partial charge in [0, 0.05) is 10.8 Å². The topological polar surface area (TPSA) is 74.6 Å². The van der Waals surface area contributed by atoms with Crippen molar-refractivity contribution in [2.75, 3.05) is 0 Å². The third-order valence-corrected chi connectivity index (χ3v) is 3.44. The number of hydrogen-bond acceptors (Lipinski definition) is 3. The molecule has 0 saturated heterocycles. The Labute approximate surface area is 96.8 Å². The van der Waals surface area contributed by atoms with Crippen LogP contribution in [0, 0.1) is 0 Å². The SMILES string of the molecule is O=S(=O)(O)c1cccc2c(O)c(Cl)ccc12. The molecule has 84 valence electrons. The van der Waals surface area contributed by atoms with Crippen LogP contribution in [0.15, 0.2) is 35.2 Å². The lowest BCUT2D eigenvalue weighted by Crippen LogP contribution is -1.98. The predicted molar refractivity (Wildman–Crippen MR) is 60.4 cm³/mol. The third kappa shape index (κ3) is 1.73. The van der Waals surface area contributed by atoms with Crippen molar-refractivity contribution in [1.29, 1.82) is 0 Å². The van der Waals surface area contributed by atoms with Crippen LogP contribution in [-0.2, 0) is 10.1 Å². The fourth-order valence-corrected chi connectivity index (χ4v) is 2.38. The van der Waals surface area contributed by atoms with Gasteiger partial charge in [-0.15, -0.1) is 0 Å². The summed E-state index contributed by atoms with van der Waals surface area (Å²) >= 11 is 5.69. The van der Waals surface area contributed by atoms with Crippen molar-refractivity contribution < 1.29 is 18.1 Å². The maximum Gasteiger partial charge on any atom is 0.295 e. The van der Waals surface area contributed by atoms with E-state index in [2.05, 4.69) is 0 Å². The number of rotatable bonds is 1. The van der Waals surface area contributed by atoms with Crippen LogP contribution < -0.4 is 0 Å². The molecule has 0 aliphatic heterocycles. The van der Waals surface area contributed by atoms with Gasteiger partial charge in [-0.2, -0.15) is 8.42 Å². The highest BCUT2D eigenvalue weighted by Gasteiger charge is 2.15. The molecule has 0 radical (unpaired) electrons. The van der Waals surface area contributed by atoms with Gasteiger partial charge in [0.15, 0.2) is 0 Å². The Morgan fingerprint density at radius 2 is 1.75 bits per heavy atom. The smallest absolute Gasteiger partial charge is 0.295 e. The van der Waals surface area contributed by atoms with Gasteiger partial charge in [0.05, 0.1) is 5.02 Å². The molecule has 16 heavy (non-hydrogen) atoms. The second kappa shape index (κ2) is 3.62. The van der Waals surface area contributed by atoms with Gasteiger partial charge in [0.1, 0.15) is 10.6 Å². The zero-order chi connectivity index (χ0) is 11.9. The van der Waals surface area contributed by atoms with Crippen molar-refractivity contribution in [1.82, 2.24) is 0 Å². The van der Waals surface area contributed by atoms with Crippen molar-refractivity contribution in [3.05, 3.63) is 35.4 Å². The Morgan fingerprint density at radius 1 is 1.06 bits per heavy atom. The Balaban J connectivity index is 2.96. The van der Waals surface area contributed by atoms with Gasteiger partial charge in [-0.25, -0.2) is 0 Å². The molecule has 0 fully saturated rings. The summed E-state index contributed by atoms with van der Waals surface area (Å²) in [6, 6.07) is 6.99. The number of phenols is 1. The first kappa shape index (κ1) is 11.2. The van der Waals surface area contributed by atoms with Crippen LogP contribution in [0.5, 0.6) is 5.75 Å². The van der Waals surface area contributed by atoms with Gasteiger partial charge in [-0.1, -0.05) is 29.8 Å². The van der Waals surface area contributed by atoms with Crippen LogP contribution >= 0.6 is 11.6 Å². The van der Waals surface area contributed by atoms with E-state index in [9.17, 15) is 13.5 Å². The quantitative estimate of drug-likeness (QED) is 0.771. The summed E-state index contributed by atoms with van der Waals surface area (Å²) in [5.74, 6) is -0.204. The molecule has 2 aromatic carbocycles. The number of hydrogen-bond donors (Lipinski definition) is 2. The highest BCUT2D eigenvalue weighted by atomic mass is 35.5. The van der Waals surface area contributed by atoms with Gasteiger partial charge in [0.2, 0.25) is 0 Å². The van der Waals surface area contributed by atoms with Crippen molar-refractivity contribution in [2.24, 2.45) is 0 Å². The predicted octanol–water partition coefficient (Wildman–Crippen LogP) is 2.45. The molecular formula is C10H7ClO4S. The number of fused-ring (bicyclic) bond motifs is 1. The van der Waals surface area contributed by atoms with E-state index in [4.69, 9.17) is 16.2 Å². The first-order valence-electron chi connectivity index (χ1n) is 4.29. The maximum absolute atomic E-state index is 11.1. The fraction of sp³-hybridized carbons (Fsp3) is 0. The average Bonchev–Trinajstić information content (AvgIpc) is 2.21. The van der Waals surface area contributed by atoms with E-state index in [0.717, 1.165) is 0 Å². The van der Waals surface area contributed by atoms with Crippen molar-refractivity contribution >= 4 is 32.5 Å². The van der Waals surface area contributed by atoms with E-state index in [1.807, 2.05) is 0 Å². The molecule has 0 saturated carbocycles. The molecule has 0 unspecified atom stereocenters. The van der Waals surface area contributed by atoms with Crippen LogP contribution in [0.1, 0.15) is 0 Å². The minimum atomic E-state index is -4.31. The summed E-state index contributed by atoms with van der Waals surface area (Å²) < 4.78 is 31.2. The second-order valence-corrected chi connectivity index (χ2v) is 5.02. The molecule has 0 spiro atoms. The zero-order valence-corrected chi connectivity index (χ0v) is 9.46. The average molecular weight is 259 g/mol. The first-order valence-corrected chi connectivity index (χ1v) is 6.11. The second-order valence-electron chi connectivity index (χ2n) is 3.22. The Bertz CT molecular complexity index is 664. The molecule has 0 bridgehead atoms. The van der Waals surface area contributed by atoms with E-state index >= 15 is 0 Å². The lowest BCUT2D eigenvalue weighted by molar-refractivity contribution is 0.481. The normalized spacial score (nSPS) is 11.9. The number of phenolic OH excluding ortho intramolecular Hbond substituents is 1. The van der Waals surface area contributed by atoms with E-state index in [-0.39, 0.29) is 26.4 Å². The minimum absolute atomic E-state index is 0.125. The highest BCUT2D eigenvalue weighted by molar-refractivity contribution is 7.86. The third-order valence-electron chi connectivity index (χ3n) is 2.22. The van der Waals surface area contributed by atoms with E-state index in [0.29, 0.717) is 0 Å². The minimum Gasteiger partial charge on any atom is -0.506 e. The number of halogens is 1. The van der Waals surface area contributed by atoms with Gasteiger partial charge in [-0.3, -0.25) is 4.55 Å². The van der Waals surface area contributed by atoms with Crippen LogP contribution in [0.2, 0.25) is 5.02 Å². The summed E-state index contributed by atoms with van der Waals surface area (Å²) in [6.07, 6.45) is 0. The zero-order valence-electron chi connectivity index (χ0n) is 7.88. The molecule has 2 rings (SSSR count). The summed E-state index contributed by atoms with van der Waals surface area (Å²) in [5, 5.41) is 10.3. The Kier molecular flexibility index (Phi) is 2.53. The molecule has 0 atom stereocenters. The molecule has 0 aliphatic carbocycles. The highest BCUT2D eigenvalue weighted by Crippen LogP contribution is 2.34. The van der Waals surface area contributed by atoms with Crippen molar-refractivity contribution in [3.8, 4) is 5.75 Å². The molecule has 2 aromatic rings. The monoisotopic (exact) mass is 258 g/mol. The van der Waals surface area contributed by atoms with Crippen LogP contribution in [0.4, 0.5) is 0 Å². The van der Waals surface area contributed by atoms with E-state index in [1.165, 1.54) is 30.3 Å². The molecule has 0 aliphatic rings. The van der Waals surface area contributed by atoms with Gasteiger partial charge in [0.25, 0.3) is 10.1 Å². The molecule has 0 heterocycles.